The second-order valence-corrected chi connectivity index (χ2v) is 5.71. The molecule has 0 heterocycles. The van der Waals surface area contributed by atoms with Crippen molar-refractivity contribution in [1.29, 1.82) is 0 Å². The van der Waals surface area contributed by atoms with E-state index >= 15 is 0 Å². The molecule has 0 aliphatic carbocycles. The van der Waals surface area contributed by atoms with Crippen LogP contribution in [-0.2, 0) is 11.3 Å². The summed E-state index contributed by atoms with van der Waals surface area (Å²) in [6.45, 7) is 6.88. The van der Waals surface area contributed by atoms with Gasteiger partial charge >= 0.3 is 6.03 Å². The van der Waals surface area contributed by atoms with Gasteiger partial charge in [0.2, 0.25) is 0 Å². The number of imide groups is 1. The third kappa shape index (κ3) is 5.19. The number of likely N-dealkylation sites (N-methyl/N-ethyl adjacent to an activating group) is 1. The van der Waals surface area contributed by atoms with E-state index in [2.05, 4.69) is 48.7 Å². The van der Waals surface area contributed by atoms with Crippen molar-refractivity contribution in [2.24, 2.45) is 0 Å². The van der Waals surface area contributed by atoms with E-state index in [1.165, 1.54) is 18.2 Å². The van der Waals surface area contributed by atoms with E-state index in [-0.39, 0.29) is 11.9 Å². The molecular formula is C16H26N3O2+. The maximum absolute atomic E-state index is 11.9. The summed E-state index contributed by atoms with van der Waals surface area (Å²) in [4.78, 5) is 24.1. The van der Waals surface area contributed by atoms with Crippen LogP contribution in [0.5, 0.6) is 0 Å². The summed E-state index contributed by atoms with van der Waals surface area (Å²) in [7, 11) is 3.44. The molecule has 0 saturated heterocycles. The second kappa shape index (κ2) is 7.78. The molecule has 116 valence electrons. The van der Waals surface area contributed by atoms with Crippen molar-refractivity contribution >= 4 is 11.9 Å². The lowest BCUT2D eigenvalue weighted by molar-refractivity contribution is -0.908. The molecule has 1 unspecified atom stereocenters. The summed E-state index contributed by atoms with van der Waals surface area (Å²) in [6.07, 6.45) is 0. The molecular weight excluding hydrogens is 266 g/mol. The molecule has 5 nitrogen and oxygen atoms in total. The zero-order valence-corrected chi connectivity index (χ0v) is 13.5. The topological polar surface area (TPSA) is 62.6 Å². The highest BCUT2D eigenvalue weighted by Crippen LogP contribution is 2.14. The number of amides is 3. The molecule has 0 spiro atoms. The molecule has 0 aliphatic rings. The number of rotatable bonds is 5. The summed E-state index contributed by atoms with van der Waals surface area (Å²) in [5.41, 5.74) is 2.48. The summed E-state index contributed by atoms with van der Waals surface area (Å²) in [5.74, 6) is 0.243. The summed E-state index contributed by atoms with van der Waals surface area (Å²) in [5, 5.41) is 4.69. The van der Waals surface area contributed by atoms with E-state index in [1.807, 2.05) is 14.0 Å². The molecule has 1 aromatic rings. The number of quaternary nitrogens is 1. The molecule has 0 saturated carbocycles. The zero-order chi connectivity index (χ0) is 16.0. The molecule has 21 heavy (non-hydrogen) atoms. The van der Waals surface area contributed by atoms with Crippen molar-refractivity contribution in [3.05, 3.63) is 35.4 Å². The predicted molar refractivity (Wildman–Crippen MR) is 83.2 cm³/mol. The van der Waals surface area contributed by atoms with Gasteiger partial charge < -0.3 is 10.2 Å². The summed E-state index contributed by atoms with van der Waals surface area (Å²) < 4.78 is 0. The van der Waals surface area contributed by atoms with Crippen LogP contribution in [0.15, 0.2) is 24.3 Å². The Kier molecular flexibility index (Phi) is 6.37. The van der Waals surface area contributed by atoms with Gasteiger partial charge in [-0.05, 0) is 18.4 Å². The highest BCUT2D eigenvalue weighted by atomic mass is 16.2. The summed E-state index contributed by atoms with van der Waals surface area (Å²) in [6, 6.07) is 7.68. The minimum absolute atomic E-state index is 0.273. The van der Waals surface area contributed by atoms with E-state index in [0.717, 1.165) is 11.4 Å². The molecule has 2 atom stereocenters. The van der Waals surface area contributed by atoms with E-state index in [0.29, 0.717) is 5.92 Å². The average molecular weight is 292 g/mol. The molecule has 0 aliphatic heterocycles. The Morgan fingerprint density at radius 2 is 1.71 bits per heavy atom. The number of carbonyl (C=O) groups excluding carboxylic acids is 2. The van der Waals surface area contributed by atoms with Crippen molar-refractivity contribution in [3.8, 4) is 0 Å². The molecule has 0 bridgehead atoms. The molecule has 1 rings (SSSR count). The molecule has 0 aromatic heterocycles. The normalized spacial score (nSPS) is 13.6. The molecule has 3 amide bonds. The predicted octanol–water partition coefficient (Wildman–Crippen LogP) is 0.669. The SMILES string of the molecule is CNC(=O)NC(=O)[C@H](C)[NH+](C)Cc1ccc(C(C)C)cc1. The number of hydrogen-bond acceptors (Lipinski definition) is 2. The van der Waals surface area contributed by atoms with Crippen molar-refractivity contribution in [2.75, 3.05) is 14.1 Å². The van der Waals surface area contributed by atoms with Crippen LogP contribution in [0.25, 0.3) is 0 Å². The van der Waals surface area contributed by atoms with Crippen LogP contribution in [0.3, 0.4) is 0 Å². The number of nitrogens with one attached hydrogen (secondary N) is 3. The van der Waals surface area contributed by atoms with Gasteiger partial charge in [-0.15, -0.1) is 0 Å². The standard InChI is InChI=1S/C16H25N3O2/c1-11(2)14-8-6-13(7-9-14)10-19(5)12(3)15(20)18-16(21)17-4/h6-9,11-12H,10H2,1-5H3,(H2,17,18,20,21)/p+1/t12-/m0/s1. The smallest absolute Gasteiger partial charge is 0.321 e. The van der Waals surface area contributed by atoms with E-state index in [4.69, 9.17) is 0 Å². The minimum atomic E-state index is -0.471. The van der Waals surface area contributed by atoms with E-state index < -0.39 is 6.03 Å². The fourth-order valence-electron chi connectivity index (χ4n) is 2.00. The second-order valence-electron chi connectivity index (χ2n) is 5.71. The molecule has 0 radical (unpaired) electrons. The molecule has 0 fully saturated rings. The third-order valence-corrected chi connectivity index (χ3v) is 3.73. The maximum Gasteiger partial charge on any atom is 0.321 e. The van der Waals surface area contributed by atoms with Gasteiger partial charge in [-0.25, -0.2) is 4.79 Å². The Labute approximate surface area is 126 Å². The Morgan fingerprint density at radius 3 is 2.19 bits per heavy atom. The first-order valence-corrected chi connectivity index (χ1v) is 7.28. The Hall–Kier alpha value is -1.88. The van der Waals surface area contributed by atoms with Gasteiger partial charge in [0, 0.05) is 12.6 Å². The maximum atomic E-state index is 11.9. The first-order chi connectivity index (χ1) is 9.85. The largest absolute Gasteiger partial charge is 0.341 e. The minimum Gasteiger partial charge on any atom is -0.341 e. The Balaban J connectivity index is 2.61. The van der Waals surface area contributed by atoms with Crippen molar-refractivity contribution in [2.45, 2.75) is 39.3 Å². The highest BCUT2D eigenvalue weighted by molar-refractivity contribution is 5.96. The van der Waals surface area contributed by atoms with Crippen LogP contribution in [0.1, 0.15) is 37.8 Å². The van der Waals surface area contributed by atoms with Crippen LogP contribution in [-0.4, -0.2) is 32.1 Å². The van der Waals surface area contributed by atoms with Gasteiger partial charge in [0.15, 0.2) is 6.04 Å². The van der Waals surface area contributed by atoms with E-state index in [9.17, 15) is 9.59 Å². The van der Waals surface area contributed by atoms with Gasteiger partial charge in [0.25, 0.3) is 5.91 Å². The Bertz CT molecular complexity index is 483. The van der Waals surface area contributed by atoms with Crippen molar-refractivity contribution in [3.63, 3.8) is 0 Å². The fourth-order valence-corrected chi connectivity index (χ4v) is 2.00. The molecule has 5 heteroatoms. The van der Waals surface area contributed by atoms with Gasteiger partial charge in [-0.1, -0.05) is 38.1 Å². The molecule has 1 aromatic carbocycles. The lowest BCUT2D eigenvalue weighted by Gasteiger charge is -2.21. The number of carbonyl (C=O) groups is 2. The lowest BCUT2D eigenvalue weighted by atomic mass is 10.0. The van der Waals surface area contributed by atoms with Gasteiger partial charge in [0.1, 0.15) is 6.54 Å². The van der Waals surface area contributed by atoms with Crippen LogP contribution in [0.2, 0.25) is 0 Å². The third-order valence-electron chi connectivity index (χ3n) is 3.73. The monoisotopic (exact) mass is 292 g/mol. The Morgan fingerprint density at radius 1 is 1.14 bits per heavy atom. The zero-order valence-electron chi connectivity index (χ0n) is 13.5. The first-order valence-electron chi connectivity index (χ1n) is 7.28. The number of benzene rings is 1. The fraction of sp³-hybridized carbons (Fsp3) is 0.500. The van der Waals surface area contributed by atoms with Crippen molar-refractivity contribution in [1.82, 2.24) is 10.6 Å². The highest BCUT2D eigenvalue weighted by Gasteiger charge is 2.23. The van der Waals surface area contributed by atoms with Crippen molar-refractivity contribution < 1.29 is 14.5 Å². The van der Waals surface area contributed by atoms with Crippen LogP contribution < -0.4 is 15.5 Å². The number of urea groups is 1. The van der Waals surface area contributed by atoms with Crippen LogP contribution >= 0.6 is 0 Å². The average Bonchev–Trinajstić information content (AvgIpc) is 2.46. The molecule has 3 N–H and O–H groups in total. The van der Waals surface area contributed by atoms with Gasteiger partial charge in [-0.3, -0.25) is 10.1 Å². The lowest BCUT2D eigenvalue weighted by Crippen LogP contribution is -3.12. The first kappa shape index (κ1) is 17.2. The van der Waals surface area contributed by atoms with Gasteiger partial charge in [0.05, 0.1) is 7.05 Å². The summed E-state index contributed by atoms with van der Waals surface area (Å²) >= 11 is 0. The van der Waals surface area contributed by atoms with Crippen LogP contribution in [0.4, 0.5) is 4.79 Å². The quantitative estimate of drug-likeness (QED) is 0.747. The number of hydrogen-bond donors (Lipinski definition) is 3. The van der Waals surface area contributed by atoms with Gasteiger partial charge in [-0.2, -0.15) is 0 Å². The van der Waals surface area contributed by atoms with Crippen LogP contribution in [0, 0.1) is 0 Å². The van der Waals surface area contributed by atoms with E-state index in [1.54, 1.807) is 0 Å².